The second-order valence-corrected chi connectivity index (χ2v) is 3.78. The quantitative estimate of drug-likeness (QED) is 0.589. The Morgan fingerprint density at radius 2 is 2.29 bits per heavy atom. The number of nitrogen functional groups attached to an aromatic ring is 1. The molecule has 1 rings (SSSR count). The number of rotatable bonds is 8. The minimum atomic E-state index is -0.192. The topological polar surface area (TPSA) is 93.0 Å². The number of aromatic nitrogens is 2. The molecule has 0 spiro atoms. The second kappa shape index (κ2) is 7.67. The van der Waals surface area contributed by atoms with Gasteiger partial charge in [-0.05, 0) is 12.8 Å². The molecule has 0 saturated carbocycles. The number of nitrogens with one attached hydrogen (secondary N) is 2. The van der Waals surface area contributed by atoms with Gasteiger partial charge in [-0.25, -0.2) is 0 Å². The highest BCUT2D eigenvalue weighted by atomic mass is 16.5. The van der Waals surface area contributed by atoms with Gasteiger partial charge in [0.15, 0.2) is 0 Å². The number of anilines is 1. The Hall–Kier alpha value is -1.56. The monoisotopic (exact) mass is 240 g/mol. The summed E-state index contributed by atoms with van der Waals surface area (Å²) in [4.78, 5) is 11.5. The van der Waals surface area contributed by atoms with Crippen LogP contribution in [0.15, 0.2) is 6.07 Å². The zero-order chi connectivity index (χ0) is 12.5. The predicted octanol–water partition coefficient (Wildman–Crippen LogP) is 0.929. The van der Waals surface area contributed by atoms with Gasteiger partial charge in [-0.15, -0.1) is 0 Å². The van der Waals surface area contributed by atoms with E-state index in [9.17, 15) is 4.79 Å². The first-order valence-corrected chi connectivity index (χ1v) is 5.91. The Morgan fingerprint density at radius 3 is 2.94 bits per heavy atom. The van der Waals surface area contributed by atoms with Crippen LogP contribution in [0.1, 0.15) is 36.7 Å². The lowest BCUT2D eigenvalue weighted by molar-refractivity contribution is 0.0935. The van der Waals surface area contributed by atoms with Crippen LogP contribution in [0.2, 0.25) is 0 Å². The van der Waals surface area contributed by atoms with Crippen LogP contribution >= 0.6 is 0 Å². The minimum Gasteiger partial charge on any atom is -0.382 e. The molecular formula is C11H20N4O2. The molecule has 0 fully saturated rings. The van der Waals surface area contributed by atoms with Crippen LogP contribution in [0.5, 0.6) is 0 Å². The molecule has 0 unspecified atom stereocenters. The van der Waals surface area contributed by atoms with E-state index in [1.54, 1.807) is 0 Å². The summed E-state index contributed by atoms with van der Waals surface area (Å²) in [5, 5.41) is 9.00. The number of nitrogens with zero attached hydrogens (tertiary/aromatic N) is 1. The van der Waals surface area contributed by atoms with Gasteiger partial charge in [-0.3, -0.25) is 9.89 Å². The van der Waals surface area contributed by atoms with E-state index in [1.165, 1.54) is 6.07 Å². The first-order valence-electron chi connectivity index (χ1n) is 5.91. The molecule has 6 nitrogen and oxygen atoms in total. The Bertz CT molecular complexity index is 338. The zero-order valence-corrected chi connectivity index (χ0v) is 10.2. The van der Waals surface area contributed by atoms with Gasteiger partial charge in [0, 0.05) is 25.8 Å². The maximum atomic E-state index is 11.5. The number of unbranched alkanes of at least 4 members (excludes halogenated alkanes) is 1. The molecule has 0 atom stereocenters. The molecule has 6 heteroatoms. The number of aromatic amines is 1. The molecule has 0 aliphatic carbocycles. The molecule has 4 N–H and O–H groups in total. The summed E-state index contributed by atoms with van der Waals surface area (Å²) in [6, 6.07) is 1.51. The molecule has 1 amide bonds. The van der Waals surface area contributed by atoms with Crippen LogP contribution in [0.4, 0.5) is 5.82 Å². The number of hydrogen-bond donors (Lipinski definition) is 3. The average molecular weight is 240 g/mol. The standard InChI is InChI=1S/C11H20N4O2/c1-2-3-6-17-7-4-5-13-11(16)9-8-10(12)15-14-9/h8H,2-7H2,1H3,(H,13,16)(H3,12,14,15). The highest BCUT2D eigenvalue weighted by molar-refractivity contribution is 5.92. The van der Waals surface area contributed by atoms with Crippen molar-refractivity contribution in [2.24, 2.45) is 0 Å². The van der Waals surface area contributed by atoms with E-state index in [0.717, 1.165) is 25.9 Å². The number of amides is 1. The Labute approximate surface area is 101 Å². The van der Waals surface area contributed by atoms with Gasteiger partial charge in [0.25, 0.3) is 5.91 Å². The summed E-state index contributed by atoms with van der Waals surface area (Å²) in [6.07, 6.45) is 3.02. The maximum Gasteiger partial charge on any atom is 0.269 e. The number of nitrogens with two attached hydrogens (primary N) is 1. The van der Waals surface area contributed by atoms with Crippen molar-refractivity contribution in [3.63, 3.8) is 0 Å². The molecule has 0 saturated heterocycles. The average Bonchev–Trinajstić information content (AvgIpc) is 2.74. The smallest absolute Gasteiger partial charge is 0.269 e. The minimum absolute atomic E-state index is 0.192. The molecule has 96 valence electrons. The molecule has 0 bridgehead atoms. The SMILES string of the molecule is CCCCOCCCNC(=O)c1cc(N)n[nH]1. The third kappa shape index (κ3) is 5.35. The lowest BCUT2D eigenvalue weighted by Crippen LogP contribution is -2.25. The number of hydrogen-bond acceptors (Lipinski definition) is 4. The summed E-state index contributed by atoms with van der Waals surface area (Å²) in [6.45, 7) is 4.18. The third-order valence-corrected chi connectivity index (χ3v) is 2.24. The molecule has 1 aromatic heterocycles. The first kappa shape index (κ1) is 13.5. The molecule has 1 heterocycles. The maximum absolute atomic E-state index is 11.5. The Kier molecular flexibility index (Phi) is 6.09. The highest BCUT2D eigenvalue weighted by Crippen LogP contribution is 1.99. The fourth-order valence-corrected chi connectivity index (χ4v) is 1.27. The number of ether oxygens (including phenoxy) is 1. The van der Waals surface area contributed by atoms with Gasteiger partial charge in [-0.2, -0.15) is 5.10 Å². The molecule has 1 aromatic rings. The highest BCUT2D eigenvalue weighted by Gasteiger charge is 2.07. The molecule has 0 radical (unpaired) electrons. The first-order chi connectivity index (χ1) is 8.24. The zero-order valence-electron chi connectivity index (χ0n) is 10.2. The molecule has 0 aliphatic rings. The molecule has 0 aromatic carbocycles. The lowest BCUT2D eigenvalue weighted by Gasteiger charge is -2.04. The largest absolute Gasteiger partial charge is 0.382 e. The van der Waals surface area contributed by atoms with E-state index in [0.29, 0.717) is 24.7 Å². The van der Waals surface area contributed by atoms with Gasteiger partial charge in [0.05, 0.1) is 0 Å². The van der Waals surface area contributed by atoms with Crippen LogP contribution in [0.3, 0.4) is 0 Å². The van der Waals surface area contributed by atoms with E-state index in [1.807, 2.05) is 0 Å². The number of carbonyl (C=O) groups excluding carboxylic acids is 1. The summed E-state index contributed by atoms with van der Waals surface area (Å²) < 4.78 is 5.37. The summed E-state index contributed by atoms with van der Waals surface area (Å²) in [5.74, 6) is 0.126. The van der Waals surface area contributed by atoms with Crippen molar-refractivity contribution in [1.29, 1.82) is 0 Å². The predicted molar refractivity (Wildman–Crippen MR) is 65.7 cm³/mol. The van der Waals surface area contributed by atoms with Crippen molar-refractivity contribution in [2.75, 3.05) is 25.5 Å². The van der Waals surface area contributed by atoms with Crippen LogP contribution in [-0.4, -0.2) is 35.9 Å². The molecular weight excluding hydrogens is 220 g/mol. The van der Waals surface area contributed by atoms with E-state index in [4.69, 9.17) is 10.5 Å². The van der Waals surface area contributed by atoms with E-state index < -0.39 is 0 Å². The summed E-state index contributed by atoms with van der Waals surface area (Å²) in [7, 11) is 0. The summed E-state index contributed by atoms with van der Waals surface area (Å²) in [5.41, 5.74) is 5.78. The van der Waals surface area contributed by atoms with Gasteiger partial charge in [-0.1, -0.05) is 13.3 Å². The normalized spacial score (nSPS) is 10.4. The van der Waals surface area contributed by atoms with Crippen molar-refractivity contribution < 1.29 is 9.53 Å². The van der Waals surface area contributed by atoms with Crippen molar-refractivity contribution in [3.8, 4) is 0 Å². The number of H-pyrrole nitrogens is 1. The third-order valence-electron chi connectivity index (χ3n) is 2.24. The fourth-order valence-electron chi connectivity index (χ4n) is 1.27. The van der Waals surface area contributed by atoms with Crippen molar-refractivity contribution >= 4 is 11.7 Å². The Morgan fingerprint density at radius 1 is 1.53 bits per heavy atom. The lowest BCUT2D eigenvalue weighted by atomic mass is 10.3. The van der Waals surface area contributed by atoms with Crippen molar-refractivity contribution in [2.45, 2.75) is 26.2 Å². The second-order valence-electron chi connectivity index (χ2n) is 3.78. The van der Waals surface area contributed by atoms with Gasteiger partial charge in [0.2, 0.25) is 0 Å². The molecule has 0 aliphatic heterocycles. The van der Waals surface area contributed by atoms with Crippen molar-refractivity contribution in [1.82, 2.24) is 15.5 Å². The fraction of sp³-hybridized carbons (Fsp3) is 0.636. The van der Waals surface area contributed by atoms with Gasteiger partial charge in [0.1, 0.15) is 11.5 Å². The van der Waals surface area contributed by atoms with Gasteiger partial charge < -0.3 is 15.8 Å². The van der Waals surface area contributed by atoms with Crippen LogP contribution in [0.25, 0.3) is 0 Å². The van der Waals surface area contributed by atoms with Crippen molar-refractivity contribution in [3.05, 3.63) is 11.8 Å². The van der Waals surface area contributed by atoms with E-state index >= 15 is 0 Å². The summed E-state index contributed by atoms with van der Waals surface area (Å²) >= 11 is 0. The number of carbonyl (C=O) groups is 1. The van der Waals surface area contributed by atoms with Gasteiger partial charge >= 0.3 is 0 Å². The van der Waals surface area contributed by atoms with E-state index in [-0.39, 0.29) is 5.91 Å². The van der Waals surface area contributed by atoms with E-state index in [2.05, 4.69) is 22.4 Å². The molecule has 17 heavy (non-hydrogen) atoms. The van der Waals surface area contributed by atoms with Crippen LogP contribution < -0.4 is 11.1 Å². The van der Waals surface area contributed by atoms with Crippen LogP contribution in [0, 0.1) is 0 Å². The van der Waals surface area contributed by atoms with Crippen LogP contribution in [-0.2, 0) is 4.74 Å². The Balaban J connectivity index is 2.05.